The normalized spacial score (nSPS) is 12.9. The first kappa shape index (κ1) is 55.3. The number of esters is 3. The van der Waals surface area contributed by atoms with Crippen molar-refractivity contribution in [3.8, 4) is 0 Å². The van der Waals surface area contributed by atoms with Gasteiger partial charge >= 0.3 is 17.9 Å². The van der Waals surface area contributed by atoms with E-state index in [0.29, 0.717) is 19.3 Å². The molecule has 0 aliphatic rings. The second-order valence-electron chi connectivity index (χ2n) is 15.2. The van der Waals surface area contributed by atoms with Gasteiger partial charge in [-0.2, -0.15) is 0 Å². The van der Waals surface area contributed by atoms with Gasteiger partial charge in [0, 0.05) is 19.3 Å². The topological polar surface area (TPSA) is 78.9 Å². The van der Waals surface area contributed by atoms with Crippen molar-refractivity contribution in [3.63, 3.8) is 0 Å². The van der Waals surface area contributed by atoms with Gasteiger partial charge in [-0.05, 0) is 103 Å². The minimum Gasteiger partial charge on any atom is -0.462 e. The van der Waals surface area contributed by atoms with Crippen LogP contribution in [0.2, 0.25) is 0 Å². The number of hydrogen-bond donors (Lipinski definition) is 0. The molecule has 0 aliphatic heterocycles. The van der Waals surface area contributed by atoms with E-state index in [4.69, 9.17) is 14.2 Å². The van der Waals surface area contributed by atoms with Crippen LogP contribution in [0.15, 0.2) is 97.2 Å². The van der Waals surface area contributed by atoms with Crippen LogP contribution < -0.4 is 0 Å². The van der Waals surface area contributed by atoms with E-state index in [1.54, 1.807) is 0 Å². The van der Waals surface area contributed by atoms with Crippen LogP contribution in [0.4, 0.5) is 0 Å². The average molecular weight is 819 g/mol. The Balaban J connectivity index is 4.53. The van der Waals surface area contributed by atoms with Crippen molar-refractivity contribution < 1.29 is 28.6 Å². The Morgan fingerprint density at radius 3 is 1.12 bits per heavy atom. The molecule has 0 saturated carbocycles. The molecule has 0 radical (unpaired) electrons. The summed E-state index contributed by atoms with van der Waals surface area (Å²) < 4.78 is 16.6. The van der Waals surface area contributed by atoms with Crippen LogP contribution in [-0.4, -0.2) is 37.2 Å². The minimum absolute atomic E-state index is 0.117. The molecule has 334 valence electrons. The van der Waals surface area contributed by atoms with Crippen LogP contribution in [0, 0.1) is 0 Å². The Kier molecular flexibility index (Phi) is 44.1. The van der Waals surface area contributed by atoms with E-state index in [9.17, 15) is 14.4 Å². The molecule has 0 bridgehead atoms. The van der Waals surface area contributed by atoms with Crippen molar-refractivity contribution in [3.05, 3.63) is 97.2 Å². The quantitative estimate of drug-likeness (QED) is 0.0265. The summed E-state index contributed by atoms with van der Waals surface area (Å²) in [5, 5.41) is 0. The first-order valence-electron chi connectivity index (χ1n) is 23.7. The summed E-state index contributed by atoms with van der Waals surface area (Å²) in [6, 6.07) is 0. The fraction of sp³-hybridized carbons (Fsp3) is 0.642. The molecule has 0 spiro atoms. The third kappa shape index (κ3) is 45.3. The summed E-state index contributed by atoms with van der Waals surface area (Å²) in [5.74, 6) is -1.03. The van der Waals surface area contributed by atoms with Crippen LogP contribution in [0.25, 0.3) is 0 Å². The van der Waals surface area contributed by atoms with Gasteiger partial charge in [0.1, 0.15) is 13.2 Å². The fourth-order valence-corrected chi connectivity index (χ4v) is 6.05. The number of carbonyl (C=O) groups excluding carboxylic acids is 3. The lowest BCUT2D eigenvalue weighted by molar-refractivity contribution is -0.166. The zero-order valence-corrected chi connectivity index (χ0v) is 38.0. The van der Waals surface area contributed by atoms with Crippen molar-refractivity contribution in [2.24, 2.45) is 0 Å². The monoisotopic (exact) mass is 819 g/mol. The van der Waals surface area contributed by atoms with Crippen LogP contribution in [0.3, 0.4) is 0 Å². The summed E-state index contributed by atoms with van der Waals surface area (Å²) in [6.07, 6.45) is 61.1. The highest BCUT2D eigenvalue weighted by molar-refractivity contribution is 5.71. The van der Waals surface area contributed by atoms with Crippen molar-refractivity contribution >= 4 is 17.9 Å². The number of unbranched alkanes of at least 4 members (excludes halogenated alkanes) is 14. The van der Waals surface area contributed by atoms with Crippen LogP contribution in [-0.2, 0) is 28.6 Å². The molecule has 1 atom stereocenters. The largest absolute Gasteiger partial charge is 0.462 e. The molecular weight excluding hydrogens is 733 g/mol. The van der Waals surface area contributed by atoms with Gasteiger partial charge in [-0.3, -0.25) is 14.4 Å². The molecule has 0 N–H and O–H groups in total. The number of allylic oxidation sites excluding steroid dienone is 16. The lowest BCUT2D eigenvalue weighted by Crippen LogP contribution is -2.30. The van der Waals surface area contributed by atoms with E-state index in [0.717, 1.165) is 116 Å². The highest BCUT2D eigenvalue weighted by Gasteiger charge is 2.19. The first-order chi connectivity index (χ1) is 29.0. The standard InChI is InChI=1S/C53H86O6/c1-4-7-10-13-16-19-22-25-26-29-31-34-37-40-43-46-52(55)58-49-50(59-53(56)47-44-41-38-35-32-28-24-21-18-15-12-9-6-3)48-57-51(54)45-42-39-36-33-30-27-23-20-17-14-11-8-5-2/h7,9-10,12,16,18-21,23,25-26,28,32,38,41,50H,4-6,8,11,13-15,17,22,24,27,29-31,33-37,39-40,42-49H2,1-3H3/b10-7-,12-9-,19-16-,21-18-,23-20-,26-25-,32-28-,41-38-. The van der Waals surface area contributed by atoms with Crippen LogP contribution in [0.1, 0.15) is 201 Å². The summed E-state index contributed by atoms with van der Waals surface area (Å²) in [4.78, 5) is 37.8. The molecule has 0 amide bonds. The molecule has 0 fully saturated rings. The summed E-state index contributed by atoms with van der Waals surface area (Å²) in [6.45, 7) is 6.29. The molecule has 0 heterocycles. The zero-order chi connectivity index (χ0) is 43.0. The minimum atomic E-state index is -0.825. The van der Waals surface area contributed by atoms with Gasteiger partial charge in [-0.25, -0.2) is 0 Å². The van der Waals surface area contributed by atoms with Crippen molar-refractivity contribution in [2.45, 2.75) is 207 Å². The van der Waals surface area contributed by atoms with Gasteiger partial charge in [-0.15, -0.1) is 0 Å². The third-order valence-electron chi connectivity index (χ3n) is 9.57. The summed E-state index contributed by atoms with van der Waals surface area (Å²) in [7, 11) is 0. The molecule has 1 unspecified atom stereocenters. The van der Waals surface area contributed by atoms with Gasteiger partial charge in [0.15, 0.2) is 6.10 Å². The van der Waals surface area contributed by atoms with Gasteiger partial charge < -0.3 is 14.2 Å². The number of hydrogen-bond acceptors (Lipinski definition) is 6. The van der Waals surface area contributed by atoms with E-state index in [1.807, 2.05) is 12.2 Å². The maximum Gasteiger partial charge on any atom is 0.306 e. The lowest BCUT2D eigenvalue weighted by Gasteiger charge is -2.18. The van der Waals surface area contributed by atoms with Gasteiger partial charge in [0.2, 0.25) is 0 Å². The molecule has 0 rings (SSSR count). The van der Waals surface area contributed by atoms with Crippen LogP contribution >= 0.6 is 0 Å². The van der Waals surface area contributed by atoms with E-state index in [1.165, 1.54) is 38.5 Å². The van der Waals surface area contributed by atoms with Crippen molar-refractivity contribution in [2.75, 3.05) is 13.2 Å². The second kappa shape index (κ2) is 47.0. The number of rotatable bonds is 41. The third-order valence-corrected chi connectivity index (χ3v) is 9.57. The van der Waals surface area contributed by atoms with Gasteiger partial charge in [0.05, 0.1) is 0 Å². The fourth-order valence-electron chi connectivity index (χ4n) is 6.05. The molecule has 0 aliphatic carbocycles. The highest BCUT2D eigenvalue weighted by Crippen LogP contribution is 2.12. The van der Waals surface area contributed by atoms with Crippen molar-refractivity contribution in [1.29, 1.82) is 0 Å². The average Bonchev–Trinajstić information content (AvgIpc) is 3.23. The Morgan fingerprint density at radius 2 is 0.695 bits per heavy atom. The van der Waals surface area contributed by atoms with Gasteiger partial charge in [-0.1, -0.05) is 176 Å². The molecule has 59 heavy (non-hydrogen) atoms. The molecule has 0 aromatic carbocycles. The van der Waals surface area contributed by atoms with E-state index in [2.05, 4.69) is 106 Å². The molecule has 0 saturated heterocycles. The zero-order valence-electron chi connectivity index (χ0n) is 38.0. The Bertz CT molecular complexity index is 1220. The lowest BCUT2D eigenvalue weighted by atomic mass is 10.1. The number of ether oxygens (including phenoxy) is 3. The Hall–Kier alpha value is -3.67. The SMILES string of the molecule is CC/C=C\C/C=C\C/C=C\C/C=C\CCC(=O)OC(COC(=O)CCCCCCC/C=C\C/C=C\C/C=C\CC)COC(=O)CCCCCCC/C=C\CCCCCC. The molecule has 6 heteroatoms. The van der Waals surface area contributed by atoms with E-state index < -0.39 is 12.1 Å². The van der Waals surface area contributed by atoms with E-state index in [-0.39, 0.29) is 31.6 Å². The smallest absolute Gasteiger partial charge is 0.306 e. The maximum atomic E-state index is 12.7. The Morgan fingerprint density at radius 1 is 0.356 bits per heavy atom. The molecule has 6 nitrogen and oxygen atoms in total. The Labute approximate surface area is 362 Å². The highest BCUT2D eigenvalue weighted by atomic mass is 16.6. The summed E-state index contributed by atoms with van der Waals surface area (Å²) >= 11 is 0. The second-order valence-corrected chi connectivity index (χ2v) is 15.2. The first-order valence-corrected chi connectivity index (χ1v) is 23.7. The summed E-state index contributed by atoms with van der Waals surface area (Å²) in [5.41, 5.74) is 0. The predicted molar refractivity (Wildman–Crippen MR) is 251 cm³/mol. The van der Waals surface area contributed by atoms with E-state index >= 15 is 0 Å². The predicted octanol–water partition coefficient (Wildman–Crippen LogP) is 15.4. The van der Waals surface area contributed by atoms with Crippen molar-refractivity contribution in [1.82, 2.24) is 0 Å². The molecule has 0 aromatic rings. The molecular formula is C53H86O6. The van der Waals surface area contributed by atoms with Gasteiger partial charge in [0.25, 0.3) is 0 Å². The van der Waals surface area contributed by atoms with Crippen LogP contribution in [0.5, 0.6) is 0 Å². The maximum absolute atomic E-state index is 12.7. The molecule has 0 aromatic heterocycles. The number of carbonyl (C=O) groups is 3.